The summed E-state index contributed by atoms with van der Waals surface area (Å²) in [5.74, 6) is 0.286. The van der Waals surface area contributed by atoms with Gasteiger partial charge in [0.15, 0.2) is 0 Å². The minimum atomic E-state index is -4.30. The van der Waals surface area contributed by atoms with E-state index in [-0.39, 0.29) is 12.0 Å². The summed E-state index contributed by atoms with van der Waals surface area (Å²) in [7, 11) is -3.26. The SMILES string of the molecule is C[C@@H](NS(C)(=O)=O)c1ccc(CN2CCC(c3ccc(C(F)(F)F)cc3)CC2)cc1. The van der Waals surface area contributed by atoms with E-state index >= 15 is 0 Å². The topological polar surface area (TPSA) is 49.4 Å². The van der Waals surface area contributed by atoms with Gasteiger partial charge in [0.1, 0.15) is 0 Å². The Hall–Kier alpha value is -1.90. The van der Waals surface area contributed by atoms with E-state index in [1.807, 2.05) is 31.2 Å². The maximum Gasteiger partial charge on any atom is 0.416 e. The molecule has 0 amide bonds. The molecule has 0 bridgehead atoms. The summed E-state index contributed by atoms with van der Waals surface area (Å²) >= 11 is 0. The minimum absolute atomic E-state index is 0.284. The highest BCUT2D eigenvalue weighted by molar-refractivity contribution is 7.88. The van der Waals surface area contributed by atoms with Crippen molar-refractivity contribution in [3.63, 3.8) is 0 Å². The van der Waals surface area contributed by atoms with Crippen LogP contribution in [0.15, 0.2) is 48.5 Å². The van der Waals surface area contributed by atoms with Crippen LogP contribution in [0.1, 0.15) is 54.0 Å². The van der Waals surface area contributed by atoms with Crippen molar-refractivity contribution in [1.82, 2.24) is 9.62 Å². The summed E-state index contributed by atoms with van der Waals surface area (Å²) in [4.78, 5) is 2.34. The number of piperidine rings is 1. The van der Waals surface area contributed by atoms with Crippen molar-refractivity contribution < 1.29 is 21.6 Å². The van der Waals surface area contributed by atoms with Crippen molar-refractivity contribution in [2.24, 2.45) is 0 Å². The zero-order chi connectivity index (χ0) is 21.9. The summed E-state index contributed by atoms with van der Waals surface area (Å²) < 4.78 is 63.5. The van der Waals surface area contributed by atoms with Gasteiger partial charge in [-0.1, -0.05) is 36.4 Å². The standard InChI is InChI=1S/C22H27F3N2O2S/c1-16(26-30(2,28)29)18-5-3-17(4-6-18)15-27-13-11-20(12-14-27)19-7-9-21(10-8-19)22(23,24)25/h3-10,16,20,26H,11-15H2,1-2H3/t16-/m1/s1. The van der Waals surface area contributed by atoms with Gasteiger partial charge in [-0.3, -0.25) is 4.90 Å². The maximum atomic E-state index is 12.7. The predicted octanol–water partition coefficient (Wildman–Crippen LogP) is 4.70. The van der Waals surface area contributed by atoms with Crippen LogP contribution < -0.4 is 4.72 Å². The number of benzene rings is 2. The molecule has 30 heavy (non-hydrogen) atoms. The number of nitrogens with one attached hydrogen (secondary N) is 1. The highest BCUT2D eigenvalue weighted by atomic mass is 32.2. The Kier molecular flexibility index (Phi) is 6.89. The molecule has 1 atom stereocenters. The van der Waals surface area contributed by atoms with E-state index in [1.54, 1.807) is 12.1 Å². The van der Waals surface area contributed by atoms with Crippen LogP contribution in [0.4, 0.5) is 13.2 Å². The number of hydrogen-bond donors (Lipinski definition) is 1. The molecule has 4 nitrogen and oxygen atoms in total. The fourth-order valence-corrected chi connectivity index (χ4v) is 4.71. The normalized spacial score (nSPS) is 17.8. The van der Waals surface area contributed by atoms with Gasteiger partial charge in [0, 0.05) is 12.6 Å². The minimum Gasteiger partial charge on any atom is -0.299 e. The molecule has 1 aliphatic rings. The van der Waals surface area contributed by atoms with E-state index in [2.05, 4.69) is 9.62 Å². The molecule has 0 radical (unpaired) electrons. The quantitative estimate of drug-likeness (QED) is 0.709. The van der Waals surface area contributed by atoms with Crippen LogP contribution in [0.3, 0.4) is 0 Å². The van der Waals surface area contributed by atoms with Gasteiger partial charge in [0.05, 0.1) is 11.8 Å². The summed E-state index contributed by atoms with van der Waals surface area (Å²) in [5, 5.41) is 0. The first-order valence-corrected chi connectivity index (χ1v) is 11.9. The largest absolute Gasteiger partial charge is 0.416 e. The fraction of sp³-hybridized carbons (Fsp3) is 0.455. The van der Waals surface area contributed by atoms with Gasteiger partial charge in [-0.15, -0.1) is 0 Å². The van der Waals surface area contributed by atoms with Crippen LogP contribution in [0.2, 0.25) is 0 Å². The lowest BCUT2D eigenvalue weighted by atomic mass is 9.89. The predicted molar refractivity (Wildman–Crippen MR) is 112 cm³/mol. The van der Waals surface area contributed by atoms with E-state index in [1.165, 1.54) is 12.1 Å². The third-order valence-electron chi connectivity index (χ3n) is 5.57. The van der Waals surface area contributed by atoms with Crippen LogP contribution in [0, 0.1) is 0 Å². The van der Waals surface area contributed by atoms with Crippen molar-refractivity contribution in [2.75, 3.05) is 19.3 Å². The van der Waals surface area contributed by atoms with Crippen molar-refractivity contribution in [3.05, 3.63) is 70.8 Å². The smallest absolute Gasteiger partial charge is 0.299 e. The van der Waals surface area contributed by atoms with Crippen LogP contribution in [-0.4, -0.2) is 32.7 Å². The highest BCUT2D eigenvalue weighted by Crippen LogP contribution is 2.33. The van der Waals surface area contributed by atoms with Crippen LogP contribution >= 0.6 is 0 Å². The lowest BCUT2D eigenvalue weighted by Gasteiger charge is -2.32. The molecule has 3 rings (SSSR count). The Bertz CT molecular complexity index is 934. The Labute approximate surface area is 176 Å². The van der Waals surface area contributed by atoms with E-state index in [0.717, 1.165) is 55.4 Å². The summed E-state index contributed by atoms with van der Waals surface area (Å²) in [6.45, 7) is 4.38. The maximum absolute atomic E-state index is 12.7. The fourth-order valence-electron chi connectivity index (χ4n) is 3.93. The van der Waals surface area contributed by atoms with Crippen LogP contribution in [0.25, 0.3) is 0 Å². The van der Waals surface area contributed by atoms with E-state index in [4.69, 9.17) is 0 Å². The zero-order valence-electron chi connectivity index (χ0n) is 17.1. The third kappa shape index (κ3) is 6.30. The second-order valence-electron chi connectivity index (χ2n) is 8.02. The molecule has 0 aromatic heterocycles. The summed E-state index contributed by atoms with van der Waals surface area (Å²) in [6, 6.07) is 13.2. The van der Waals surface area contributed by atoms with Crippen molar-refractivity contribution >= 4 is 10.0 Å². The summed E-state index contributed by atoms with van der Waals surface area (Å²) in [5.41, 5.74) is 2.43. The number of nitrogens with zero attached hydrogens (tertiary/aromatic N) is 1. The zero-order valence-corrected chi connectivity index (χ0v) is 17.9. The Morgan fingerprint density at radius 3 is 2.10 bits per heavy atom. The lowest BCUT2D eigenvalue weighted by molar-refractivity contribution is -0.137. The first kappa shape index (κ1) is 22.8. The van der Waals surface area contributed by atoms with Crippen LogP contribution in [0.5, 0.6) is 0 Å². The van der Waals surface area contributed by atoms with Crippen molar-refractivity contribution in [2.45, 2.75) is 44.4 Å². The first-order valence-electron chi connectivity index (χ1n) is 9.97. The molecule has 2 aromatic rings. The second kappa shape index (κ2) is 9.08. The molecule has 0 saturated carbocycles. The van der Waals surface area contributed by atoms with E-state index < -0.39 is 21.8 Å². The molecule has 1 heterocycles. The Morgan fingerprint density at radius 1 is 1.03 bits per heavy atom. The molecule has 1 aliphatic heterocycles. The lowest BCUT2D eigenvalue weighted by Crippen LogP contribution is -2.32. The van der Waals surface area contributed by atoms with Gasteiger partial charge < -0.3 is 0 Å². The molecule has 1 N–H and O–H groups in total. The molecular weight excluding hydrogens is 413 g/mol. The molecule has 1 saturated heterocycles. The number of alkyl halides is 3. The number of likely N-dealkylation sites (tertiary alicyclic amines) is 1. The van der Waals surface area contributed by atoms with Gasteiger partial charge in [0.25, 0.3) is 0 Å². The molecule has 8 heteroatoms. The first-order chi connectivity index (χ1) is 14.0. The summed E-state index contributed by atoms with van der Waals surface area (Å²) in [6.07, 6.45) is -1.32. The average Bonchev–Trinajstić information content (AvgIpc) is 2.67. The molecular formula is C22H27F3N2O2S. The van der Waals surface area contributed by atoms with Crippen LogP contribution in [-0.2, 0) is 22.7 Å². The third-order valence-corrected chi connectivity index (χ3v) is 6.36. The molecule has 1 fully saturated rings. The van der Waals surface area contributed by atoms with Gasteiger partial charge in [0.2, 0.25) is 10.0 Å². The van der Waals surface area contributed by atoms with Gasteiger partial charge in [-0.25, -0.2) is 13.1 Å². The van der Waals surface area contributed by atoms with E-state index in [9.17, 15) is 21.6 Å². The monoisotopic (exact) mass is 440 g/mol. The van der Waals surface area contributed by atoms with Crippen molar-refractivity contribution in [1.29, 1.82) is 0 Å². The molecule has 0 spiro atoms. The van der Waals surface area contributed by atoms with Gasteiger partial charge >= 0.3 is 6.18 Å². The highest BCUT2D eigenvalue weighted by Gasteiger charge is 2.30. The van der Waals surface area contributed by atoms with Gasteiger partial charge in [-0.2, -0.15) is 13.2 Å². The average molecular weight is 441 g/mol. The number of hydrogen-bond acceptors (Lipinski definition) is 3. The number of rotatable bonds is 6. The number of halogens is 3. The Balaban J connectivity index is 1.52. The second-order valence-corrected chi connectivity index (χ2v) is 9.80. The molecule has 0 aliphatic carbocycles. The molecule has 0 unspecified atom stereocenters. The Morgan fingerprint density at radius 2 is 1.60 bits per heavy atom. The molecule has 2 aromatic carbocycles. The number of sulfonamides is 1. The van der Waals surface area contributed by atoms with Crippen molar-refractivity contribution in [3.8, 4) is 0 Å². The van der Waals surface area contributed by atoms with E-state index in [0.29, 0.717) is 0 Å². The van der Waals surface area contributed by atoms with Gasteiger partial charge in [-0.05, 0) is 67.6 Å². The molecule has 164 valence electrons.